The second kappa shape index (κ2) is 23.7. The smallest absolute Gasteiger partial charge is 0.407 e. The molecule has 22 nitrogen and oxygen atoms in total. The highest BCUT2D eigenvalue weighted by Gasteiger charge is 2.26. The van der Waals surface area contributed by atoms with Crippen LogP contribution >= 0.6 is 12.4 Å². The fraction of sp³-hybridized carbons (Fsp3) is 0.525. The van der Waals surface area contributed by atoms with Gasteiger partial charge in [0.15, 0.2) is 0 Å². The lowest BCUT2D eigenvalue weighted by molar-refractivity contribution is -0.384. The highest BCUT2D eigenvalue weighted by Crippen LogP contribution is 2.29. The standard InChI is InChI=1S/C23H33N7O5.C17H23N7O3.ClH/c1-23(2,3)35-22(31)28-17-9-7-15(8-10-17)12-25-19-18(30(32)33)14-27-21(29-19)26-13-16-6-5-11-24-20(16)34-4;18-13-5-3-11(4-6-13)8-20-15-14(24(26)27)10-22-17(23-15)21-9-12-2-1-7-19-16(12)25;/h5-6,11,14-15,17H,7-10,12-13H2,1-4H3,(H,28,31)(H2,25,26,27,29);1-2,7,10-11,13H,3-6,8-9,18H2,(H,19,25)(H2,20,21,22,23);1H. The van der Waals surface area contributed by atoms with Crippen molar-refractivity contribution in [2.45, 2.75) is 103 Å². The highest BCUT2D eigenvalue weighted by molar-refractivity contribution is 5.85. The van der Waals surface area contributed by atoms with Crippen LogP contribution in [0.25, 0.3) is 0 Å². The van der Waals surface area contributed by atoms with Gasteiger partial charge in [-0.25, -0.2) is 19.7 Å². The summed E-state index contributed by atoms with van der Waals surface area (Å²) >= 11 is 0. The minimum Gasteiger partial charge on any atom is -0.481 e. The lowest BCUT2D eigenvalue weighted by atomic mass is 9.86. The van der Waals surface area contributed by atoms with Crippen molar-refractivity contribution in [1.29, 1.82) is 0 Å². The zero-order chi connectivity index (χ0) is 44.6. The summed E-state index contributed by atoms with van der Waals surface area (Å²) in [6.45, 7) is 7.19. The number of nitro groups is 2. The first-order valence-electron chi connectivity index (χ1n) is 20.5. The Kier molecular flexibility index (Phi) is 18.5. The van der Waals surface area contributed by atoms with Gasteiger partial charge >= 0.3 is 17.5 Å². The van der Waals surface area contributed by atoms with Gasteiger partial charge in [-0.15, -0.1) is 12.4 Å². The molecule has 2 aliphatic rings. The van der Waals surface area contributed by atoms with E-state index in [0.29, 0.717) is 42.9 Å². The van der Waals surface area contributed by atoms with Crippen molar-refractivity contribution in [2.75, 3.05) is 41.5 Å². The van der Waals surface area contributed by atoms with Crippen molar-refractivity contribution in [3.05, 3.63) is 90.8 Å². The molecular formula is C40H57ClN14O8. The fourth-order valence-corrected chi connectivity index (χ4v) is 6.99. The Bertz CT molecular complexity index is 2180. The van der Waals surface area contributed by atoms with E-state index < -0.39 is 21.5 Å². The number of nitrogens with two attached hydrogens (primary N) is 1. The van der Waals surface area contributed by atoms with Gasteiger partial charge in [0.1, 0.15) is 18.0 Å². The molecule has 0 spiro atoms. The van der Waals surface area contributed by atoms with Crippen LogP contribution in [0.15, 0.2) is 53.8 Å². The van der Waals surface area contributed by atoms with E-state index in [9.17, 15) is 29.8 Å². The molecule has 23 heteroatoms. The molecule has 8 N–H and O–H groups in total. The minimum absolute atomic E-state index is 0. The van der Waals surface area contributed by atoms with Crippen molar-refractivity contribution < 1.29 is 24.1 Å². The van der Waals surface area contributed by atoms with Crippen LogP contribution in [0.3, 0.4) is 0 Å². The third-order valence-corrected chi connectivity index (χ3v) is 10.3. The number of nitrogens with one attached hydrogen (secondary N) is 6. The lowest BCUT2D eigenvalue weighted by Crippen LogP contribution is -2.41. The first kappa shape index (κ1) is 49.2. The maximum atomic E-state index is 12.0. The summed E-state index contributed by atoms with van der Waals surface area (Å²) in [5, 5.41) is 37.9. The number of carbonyl (C=O) groups excluding carboxylic acids is 1. The summed E-state index contributed by atoms with van der Waals surface area (Å²) < 4.78 is 10.6. The SMILES string of the molecule is COc1ncccc1CNc1ncc([N+](=O)[O-])c(NCC2CCC(NC(=O)OC(C)(C)C)CC2)n1.Cl.NC1CCC(CNc2nc(NCc3ccc[nH]c3=O)ncc2[N+](=O)[O-])CC1. The van der Waals surface area contributed by atoms with E-state index in [-0.39, 0.29) is 71.5 Å². The van der Waals surface area contributed by atoms with Gasteiger partial charge in [-0.2, -0.15) is 9.97 Å². The second-order valence-corrected chi connectivity index (χ2v) is 16.2. The molecule has 0 atom stereocenters. The van der Waals surface area contributed by atoms with Crippen molar-refractivity contribution >= 4 is 53.4 Å². The summed E-state index contributed by atoms with van der Waals surface area (Å²) in [5.41, 5.74) is 6.15. The van der Waals surface area contributed by atoms with Crippen molar-refractivity contribution in [1.82, 2.24) is 35.2 Å². The molecule has 0 aromatic carbocycles. The van der Waals surface area contributed by atoms with Crippen LogP contribution in [-0.4, -0.2) is 83.7 Å². The largest absolute Gasteiger partial charge is 0.481 e. The molecule has 342 valence electrons. The number of aromatic amines is 1. The van der Waals surface area contributed by atoms with Crippen molar-refractivity contribution in [3.8, 4) is 5.88 Å². The summed E-state index contributed by atoms with van der Waals surface area (Å²) in [7, 11) is 1.54. The number of carbonyl (C=O) groups is 1. The molecular weight excluding hydrogens is 840 g/mol. The number of methoxy groups -OCH3 is 1. The Morgan fingerprint density at radius 2 is 1.33 bits per heavy atom. The summed E-state index contributed by atoms with van der Waals surface area (Å²) in [6.07, 6.45) is 12.5. The van der Waals surface area contributed by atoms with Crippen LogP contribution in [0.1, 0.15) is 83.3 Å². The molecule has 6 rings (SSSR count). The number of hydrogen-bond donors (Lipinski definition) is 7. The first-order valence-corrected chi connectivity index (χ1v) is 20.5. The molecule has 0 aliphatic heterocycles. The predicted octanol–water partition coefficient (Wildman–Crippen LogP) is 5.93. The molecule has 2 fully saturated rings. The van der Waals surface area contributed by atoms with E-state index in [1.165, 1.54) is 19.5 Å². The van der Waals surface area contributed by atoms with E-state index in [2.05, 4.69) is 56.5 Å². The van der Waals surface area contributed by atoms with E-state index in [1.807, 2.05) is 26.8 Å². The average molecular weight is 897 g/mol. The Balaban J connectivity index is 0.000000281. The molecule has 2 aliphatic carbocycles. The Labute approximate surface area is 370 Å². The number of aromatic nitrogens is 6. The van der Waals surface area contributed by atoms with Crippen LogP contribution in [0.5, 0.6) is 5.88 Å². The maximum Gasteiger partial charge on any atom is 0.407 e. The van der Waals surface area contributed by atoms with Gasteiger partial charge in [0.05, 0.1) is 17.0 Å². The van der Waals surface area contributed by atoms with E-state index >= 15 is 0 Å². The van der Waals surface area contributed by atoms with Crippen molar-refractivity contribution in [2.24, 2.45) is 17.6 Å². The fourth-order valence-electron chi connectivity index (χ4n) is 6.99. The Hall–Kier alpha value is -6.42. The number of ether oxygens (including phenoxy) is 2. The maximum absolute atomic E-state index is 12.0. The Morgan fingerprint density at radius 3 is 1.84 bits per heavy atom. The van der Waals surface area contributed by atoms with Crippen molar-refractivity contribution in [3.63, 3.8) is 0 Å². The van der Waals surface area contributed by atoms with Gasteiger partial charge in [0.2, 0.25) is 29.4 Å². The minimum atomic E-state index is -0.533. The molecule has 0 radical (unpaired) electrons. The topological polar surface area (TPSA) is 305 Å². The third-order valence-electron chi connectivity index (χ3n) is 10.3. The molecule has 4 aromatic rings. The van der Waals surface area contributed by atoms with Gasteiger partial charge in [-0.3, -0.25) is 25.0 Å². The second-order valence-electron chi connectivity index (χ2n) is 16.2. The monoisotopic (exact) mass is 896 g/mol. The zero-order valence-electron chi connectivity index (χ0n) is 35.8. The molecule has 0 unspecified atom stereocenters. The van der Waals surface area contributed by atoms with Crippen LogP contribution in [0.2, 0.25) is 0 Å². The van der Waals surface area contributed by atoms with Crippen LogP contribution < -0.4 is 42.6 Å². The predicted molar refractivity (Wildman–Crippen MR) is 239 cm³/mol. The third kappa shape index (κ3) is 15.8. The number of alkyl carbamates (subject to hydrolysis) is 1. The molecule has 63 heavy (non-hydrogen) atoms. The lowest BCUT2D eigenvalue weighted by Gasteiger charge is -2.30. The molecule has 0 saturated heterocycles. The number of H-pyrrole nitrogens is 1. The van der Waals surface area contributed by atoms with Gasteiger partial charge in [0, 0.05) is 61.8 Å². The number of hydrogen-bond acceptors (Lipinski definition) is 18. The molecule has 1 amide bonds. The molecule has 0 bridgehead atoms. The van der Waals surface area contributed by atoms with Crippen LogP contribution in [0.4, 0.5) is 39.7 Å². The zero-order valence-corrected chi connectivity index (χ0v) is 36.6. The van der Waals surface area contributed by atoms with E-state index in [4.69, 9.17) is 15.2 Å². The number of pyridine rings is 2. The first-order chi connectivity index (χ1) is 29.7. The summed E-state index contributed by atoms with van der Waals surface area (Å²) in [4.78, 5) is 68.8. The normalized spacial score (nSPS) is 18.2. The average Bonchev–Trinajstić information content (AvgIpc) is 3.24. The number of anilines is 4. The molecule has 4 aromatic heterocycles. The van der Waals surface area contributed by atoms with E-state index in [1.54, 1.807) is 30.6 Å². The molecule has 2 saturated carbocycles. The van der Waals surface area contributed by atoms with Crippen LogP contribution in [0, 0.1) is 32.1 Å². The number of amides is 1. The van der Waals surface area contributed by atoms with Crippen LogP contribution in [-0.2, 0) is 17.8 Å². The number of rotatable bonds is 16. The number of nitrogens with zero attached hydrogens (tertiary/aromatic N) is 7. The number of halogens is 1. The van der Waals surface area contributed by atoms with Gasteiger partial charge in [-0.05, 0) is 96.1 Å². The quantitative estimate of drug-likeness (QED) is 0.0506. The van der Waals surface area contributed by atoms with Gasteiger partial charge in [-0.1, -0.05) is 12.1 Å². The summed E-state index contributed by atoms with van der Waals surface area (Å²) in [5.74, 6) is 2.02. The Morgan fingerprint density at radius 1 is 0.810 bits per heavy atom. The van der Waals surface area contributed by atoms with Gasteiger partial charge < -0.3 is 46.8 Å². The van der Waals surface area contributed by atoms with Gasteiger partial charge in [0.25, 0.3) is 5.56 Å². The summed E-state index contributed by atoms with van der Waals surface area (Å²) in [6, 6.07) is 7.38. The highest BCUT2D eigenvalue weighted by atomic mass is 35.5. The molecule has 4 heterocycles. The van der Waals surface area contributed by atoms with E-state index in [0.717, 1.165) is 56.9 Å².